The Balaban J connectivity index is 4.26. The molecule has 0 aliphatic heterocycles. The lowest BCUT2D eigenvalue weighted by atomic mass is 10.0. The summed E-state index contributed by atoms with van der Waals surface area (Å²) in [6.07, 6.45) is 0. The third-order valence-corrected chi connectivity index (χ3v) is 4.24. The van der Waals surface area contributed by atoms with Gasteiger partial charge in [0.2, 0.25) is 5.91 Å². The van der Waals surface area contributed by atoms with Gasteiger partial charge in [-0.3, -0.25) is 4.79 Å². The summed E-state index contributed by atoms with van der Waals surface area (Å²) in [4.78, 5) is 11.5. The minimum absolute atomic E-state index is 0.0370. The first kappa shape index (κ1) is 15.4. The highest BCUT2D eigenvalue weighted by Crippen LogP contribution is 2.00. The van der Waals surface area contributed by atoms with Crippen molar-refractivity contribution in [3.63, 3.8) is 0 Å². The van der Waals surface area contributed by atoms with Crippen LogP contribution in [0, 0.1) is 5.92 Å². The second-order valence-electron chi connectivity index (χ2n) is 4.38. The molecule has 0 aromatic carbocycles. The monoisotopic (exact) mass is 250 g/mol. The van der Waals surface area contributed by atoms with Crippen molar-refractivity contribution in [2.45, 2.75) is 39.8 Å². The van der Waals surface area contributed by atoms with Crippen LogP contribution in [0.3, 0.4) is 0 Å². The van der Waals surface area contributed by atoms with Crippen molar-refractivity contribution in [3.8, 4) is 0 Å². The summed E-state index contributed by atoms with van der Waals surface area (Å²) < 4.78 is 22.6. The predicted molar refractivity (Wildman–Crippen MR) is 64.7 cm³/mol. The Morgan fingerprint density at radius 3 is 2.19 bits per heavy atom. The van der Waals surface area contributed by atoms with E-state index < -0.39 is 21.9 Å². The van der Waals surface area contributed by atoms with E-state index in [1.165, 1.54) is 0 Å². The van der Waals surface area contributed by atoms with Crippen molar-refractivity contribution < 1.29 is 13.2 Å². The molecule has 0 radical (unpaired) electrons. The van der Waals surface area contributed by atoms with Crippen LogP contribution in [0.4, 0.5) is 0 Å². The molecule has 0 aliphatic rings. The van der Waals surface area contributed by atoms with Gasteiger partial charge in [-0.2, -0.15) is 0 Å². The third-order valence-electron chi connectivity index (χ3n) is 2.35. The largest absolute Gasteiger partial charge is 0.351 e. The topological polar surface area (TPSA) is 89.3 Å². The van der Waals surface area contributed by atoms with Crippen LogP contribution in [-0.4, -0.2) is 37.9 Å². The summed E-state index contributed by atoms with van der Waals surface area (Å²) >= 11 is 0. The molecule has 6 heteroatoms. The predicted octanol–water partition coefficient (Wildman–Crippen LogP) is -0.0909. The Kier molecular flexibility index (Phi) is 5.96. The van der Waals surface area contributed by atoms with E-state index in [9.17, 15) is 13.2 Å². The molecule has 0 heterocycles. The van der Waals surface area contributed by atoms with Gasteiger partial charge in [0.1, 0.15) is 0 Å². The Morgan fingerprint density at radius 1 is 1.31 bits per heavy atom. The van der Waals surface area contributed by atoms with E-state index in [0.29, 0.717) is 0 Å². The van der Waals surface area contributed by atoms with Crippen molar-refractivity contribution in [1.29, 1.82) is 0 Å². The summed E-state index contributed by atoms with van der Waals surface area (Å²) in [5, 5.41) is 2.61. The summed E-state index contributed by atoms with van der Waals surface area (Å²) in [7, 11) is -3.07. The van der Waals surface area contributed by atoms with Crippen LogP contribution in [0.25, 0.3) is 0 Å². The quantitative estimate of drug-likeness (QED) is 0.689. The van der Waals surface area contributed by atoms with Gasteiger partial charge in [0.25, 0.3) is 0 Å². The number of carbonyl (C=O) groups excluding carboxylic acids is 1. The van der Waals surface area contributed by atoms with Gasteiger partial charge in [0.05, 0.1) is 11.8 Å². The van der Waals surface area contributed by atoms with E-state index in [-0.39, 0.29) is 23.3 Å². The first-order chi connectivity index (χ1) is 7.19. The lowest BCUT2D eigenvalue weighted by molar-refractivity contribution is -0.123. The molecule has 0 spiro atoms. The average Bonchev–Trinajstić information content (AvgIpc) is 2.15. The van der Waals surface area contributed by atoms with E-state index in [2.05, 4.69) is 5.32 Å². The fourth-order valence-electron chi connectivity index (χ4n) is 1.18. The molecule has 0 aromatic rings. The molecule has 2 atom stereocenters. The van der Waals surface area contributed by atoms with Crippen LogP contribution in [-0.2, 0) is 14.6 Å². The number of sulfone groups is 1. The zero-order chi connectivity index (χ0) is 12.9. The zero-order valence-corrected chi connectivity index (χ0v) is 11.2. The minimum atomic E-state index is -3.07. The molecular weight excluding hydrogens is 228 g/mol. The van der Waals surface area contributed by atoms with Gasteiger partial charge >= 0.3 is 0 Å². The number of rotatable bonds is 6. The molecule has 1 unspecified atom stereocenters. The number of hydrogen-bond acceptors (Lipinski definition) is 4. The van der Waals surface area contributed by atoms with Crippen molar-refractivity contribution in [2.75, 3.05) is 11.5 Å². The van der Waals surface area contributed by atoms with Crippen LogP contribution < -0.4 is 11.1 Å². The van der Waals surface area contributed by atoms with Gasteiger partial charge in [-0.25, -0.2) is 8.42 Å². The number of carbonyl (C=O) groups is 1. The van der Waals surface area contributed by atoms with E-state index >= 15 is 0 Å². The van der Waals surface area contributed by atoms with Gasteiger partial charge in [0.15, 0.2) is 9.84 Å². The molecule has 0 fully saturated rings. The van der Waals surface area contributed by atoms with Crippen molar-refractivity contribution in [3.05, 3.63) is 0 Å². The Hall–Kier alpha value is -0.620. The molecule has 5 nitrogen and oxygen atoms in total. The maximum absolute atomic E-state index is 11.5. The van der Waals surface area contributed by atoms with E-state index in [4.69, 9.17) is 5.73 Å². The Bertz CT molecular complexity index is 325. The highest BCUT2D eigenvalue weighted by atomic mass is 32.2. The summed E-state index contributed by atoms with van der Waals surface area (Å²) in [6, 6.07) is -0.992. The van der Waals surface area contributed by atoms with E-state index in [0.717, 1.165) is 0 Å². The highest BCUT2D eigenvalue weighted by Gasteiger charge is 2.21. The number of nitrogens with two attached hydrogens (primary N) is 1. The van der Waals surface area contributed by atoms with Gasteiger partial charge in [-0.15, -0.1) is 0 Å². The fraction of sp³-hybridized carbons (Fsp3) is 0.900. The van der Waals surface area contributed by atoms with E-state index in [1.54, 1.807) is 13.8 Å². The molecule has 0 bridgehead atoms. The zero-order valence-electron chi connectivity index (χ0n) is 10.4. The molecular formula is C10H22N2O3S. The maximum Gasteiger partial charge on any atom is 0.237 e. The molecule has 3 N–H and O–H groups in total. The molecule has 1 amide bonds. The average molecular weight is 250 g/mol. The van der Waals surface area contributed by atoms with Crippen LogP contribution >= 0.6 is 0 Å². The Labute approximate surface area is 97.7 Å². The molecule has 0 rings (SSSR count). The van der Waals surface area contributed by atoms with Crippen LogP contribution in [0.2, 0.25) is 0 Å². The second kappa shape index (κ2) is 6.20. The van der Waals surface area contributed by atoms with Gasteiger partial charge in [0, 0.05) is 11.8 Å². The number of amides is 1. The number of nitrogens with one attached hydrogen (secondary N) is 1. The molecule has 0 saturated heterocycles. The normalized spacial score (nSPS) is 15.9. The van der Waals surface area contributed by atoms with Gasteiger partial charge < -0.3 is 11.1 Å². The minimum Gasteiger partial charge on any atom is -0.351 e. The first-order valence-corrected chi connectivity index (χ1v) is 7.28. The maximum atomic E-state index is 11.5. The summed E-state index contributed by atoms with van der Waals surface area (Å²) in [5.41, 5.74) is 5.64. The van der Waals surface area contributed by atoms with Gasteiger partial charge in [-0.1, -0.05) is 20.8 Å². The standard InChI is InChI=1S/C10H22N2O3S/c1-5-16(14,15)6-8(4)12-10(13)9(11)7(2)3/h7-9H,5-6,11H2,1-4H3,(H,12,13)/t8?,9-/m0/s1. The molecule has 0 saturated carbocycles. The summed E-state index contributed by atoms with van der Waals surface area (Å²) in [6.45, 7) is 6.94. The SMILES string of the molecule is CCS(=O)(=O)CC(C)NC(=O)[C@@H](N)C(C)C. The van der Waals surface area contributed by atoms with Crippen LogP contribution in [0.15, 0.2) is 0 Å². The molecule has 96 valence electrons. The van der Waals surface area contributed by atoms with Crippen LogP contribution in [0.5, 0.6) is 0 Å². The number of hydrogen-bond donors (Lipinski definition) is 2. The Morgan fingerprint density at radius 2 is 1.81 bits per heavy atom. The van der Waals surface area contributed by atoms with Crippen molar-refractivity contribution in [2.24, 2.45) is 11.7 Å². The molecule has 0 aromatic heterocycles. The highest BCUT2D eigenvalue weighted by molar-refractivity contribution is 7.91. The van der Waals surface area contributed by atoms with E-state index in [1.807, 2.05) is 13.8 Å². The first-order valence-electron chi connectivity index (χ1n) is 5.46. The second-order valence-corrected chi connectivity index (χ2v) is 6.78. The molecule has 0 aliphatic carbocycles. The van der Waals surface area contributed by atoms with Gasteiger partial charge in [-0.05, 0) is 12.8 Å². The van der Waals surface area contributed by atoms with Crippen molar-refractivity contribution in [1.82, 2.24) is 5.32 Å². The third kappa shape index (κ3) is 5.46. The van der Waals surface area contributed by atoms with Crippen molar-refractivity contribution >= 4 is 15.7 Å². The lowest BCUT2D eigenvalue weighted by Gasteiger charge is -2.19. The molecule has 16 heavy (non-hydrogen) atoms. The lowest BCUT2D eigenvalue weighted by Crippen LogP contribution is -2.48. The summed E-state index contributed by atoms with van der Waals surface area (Å²) in [5.74, 6) is -0.215. The smallest absolute Gasteiger partial charge is 0.237 e. The fourth-order valence-corrected chi connectivity index (χ4v) is 2.26. The van der Waals surface area contributed by atoms with Crippen LogP contribution in [0.1, 0.15) is 27.7 Å².